The Morgan fingerprint density at radius 3 is 2.67 bits per heavy atom. The van der Waals surface area contributed by atoms with Gasteiger partial charge in [0.05, 0.1) is 0 Å². The summed E-state index contributed by atoms with van der Waals surface area (Å²) >= 11 is 9.37. The molecule has 1 aromatic rings. The van der Waals surface area contributed by atoms with Gasteiger partial charge in [0.25, 0.3) is 0 Å². The molecule has 0 heterocycles. The predicted molar refractivity (Wildman–Crippen MR) is 89.7 cm³/mol. The van der Waals surface area contributed by atoms with E-state index in [0.717, 1.165) is 10.0 Å². The summed E-state index contributed by atoms with van der Waals surface area (Å²) in [7, 11) is 1.73. The van der Waals surface area contributed by atoms with Crippen LogP contribution in [0, 0.1) is 0 Å². The van der Waals surface area contributed by atoms with E-state index in [1.54, 1.807) is 11.9 Å². The molecule has 0 aromatic heterocycles. The lowest BCUT2D eigenvalue weighted by Gasteiger charge is -2.24. The average molecular weight is 378 g/mol. The van der Waals surface area contributed by atoms with Gasteiger partial charge in [-0.25, -0.2) is 4.79 Å². The largest absolute Gasteiger partial charge is 0.444 e. The molecule has 4 nitrogen and oxygen atoms in total. The van der Waals surface area contributed by atoms with Crippen LogP contribution in [-0.2, 0) is 11.3 Å². The van der Waals surface area contributed by atoms with Crippen molar-refractivity contribution in [1.29, 1.82) is 0 Å². The first-order chi connectivity index (χ1) is 9.69. The van der Waals surface area contributed by atoms with E-state index in [9.17, 15) is 4.79 Å². The zero-order chi connectivity index (χ0) is 16.0. The van der Waals surface area contributed by atoms with Gasteiger partial charge in [0.15, 0.2) is 0 Å². The lowest BCUT2D eigenvalue weighted by atomic mass is 10.2. The lowest BCUT2D eigenvalue weighted by molar-refractivity contribution is 0.0300. The van der Waals surface area contributed by atoms with Crippen LogP contribution in [0.25, 0.3) is 0 Å². The predicted octanol–water partition coefficient (Wildman–Crippen LogP) is 4.06. The highest BCUT2D eigenvalue weighted by molar-refractivity contribution is 9.10. The normalized spacial score (nSPS) is 11.3. The number of likely N-dealkylation sites (N-methyl/N-ethyl adjacent to an activating group) is 1. The summed E-state index contributed by atoms with van der Waals surface area (Å²) in [5.41, 5.74) is 0.659. The number of halogens is 2. The molecule has 1 N–H and O–H groups in total. The van der Waals surface area contributed by atoms with E-state index in [-0.39, 0.29) is 6.09 Å². The van der Waals surface area contributed by atoms with Crippen molar-refractivity contribution in [3.8, 4) is 0 Å². The SMILES string of the molecule is CN(CCNCc1ccc(Cl)cc1Br)C(=O)OC(C)(C)C. The molecular formula is C15H22BrClN2O2. The molecule has 6 heteroatoms. The molecule has 0 bridgehead atoms. The van der Waals surface area contributed by atoms with E-state index < -0.39 is 5.60 Å². The summed E-state index contributed by atoms with van der Waals surface area (Å²) in [5, 5.41) is 3.99. The van der Waals surface area contributed by atoms with Gasteiger partial charge in [-0.15, -0.1) is 0 Å². The third-order valence-corrected chi connectivity index (χ3v) is 3.63. The van der Waals surface area contributed by atoms with Gasteiger partial charge in [-0.3, -0.25) is 0 Å². The van der Waals surface area contributed by atoms with Crippen LogP contribution in [0.3, 0.4) is 0 Å². The maximum absolute atomic E-state index is 11.8. The number of nitrogens with one attached hydrogen (secondary N) is 1. The minimum absolute atomic E-state index is 0.308. The number of hydrogen-bond donors (Lipinski definition) is 1. The topological polar surface area (TPSA) is 41.6 Å². The highest BCUT2D eigenvalue weighted by atomic mass is 79.9. The molecule has 0 atom stereocenters. The Bertz CT molecular complexity index is 489. The fourth-order valence-electron chi connectivity index (χ4n) is 1.57. The summed E-state index contributed by atoms with van der Waals surface area (Å²) in [4.78, 5) is 13.3. The van der Waals surface area contributed by atoms with Gasteiger partial charge in [0, 0.05) is 36.2 Å². The maximum Gasteiger partial charge on any atom is 0.410 e. The van der Waals surface area contributed by atoms with E-state index in [1.807, 2.05) is 39.0 Å². The van der Waals surface area contributed by atoms with Gasteiger partial charge < -0.3 is 15.0 Å². The van der Waals surface area contributed by atoms with Crippen molar-refractivity contribution in [3.05, 3.63) is 33.3 Å². The van der Waals surface area contributed by atoms with E-state index in [2.05, 4.69) is 21.2 Å². The number of nitrogens with zero attached hydrogens (tertiary/aromatic N) is 1. The highest BCUT2D eigenvalue weighted by Gasteiger charge is 2.19. The van der Waals surface area contributed by atoms with Crippen molar-refractivity contribution >= 4 is 33.6 Å². The van der Waals surface area contributed by atoms with Crippen molar-refractivity contribution in [2.45, 2.75) is 32.9 Å². The van der Waals surface area contributed by atoms with Crippen molar-refractivity contribution in [3.63, 3.8) is 0 Å². The molecule has 0 radical (unpaired) electrons. The Labute approximate surface area is 139 Å². The maximum atomic E-state index is 11.8. The molecule has 0 aliphatic rings. The first-order valence-electron chi connectivity index (χ1n) is 6.78. The second-order valence-corrected chi connectivity index (χ2v) is 7.11. The fraction of sp³-hybridized carbons (Fsp3) is 0.533. The van der Waals surface area contributed by atoms with Crippen molar-refractivity contribution in [2.24, 2.45) is 0 Å². The third kappa shape index (κ3) is 7.16. The molecule has 21 heavy (non-hydrogen) atoms. The van der Waals surface area contributed by atoms with Crippen molar-refractivity contribution in [1.82, 2.24) is 10.2 Å². The number of rotatable bonds is 5. The minimum atomic E-state index is -0.465. The second-order valence-electron chi connectivity index (χ2n) is 5.81. The van der Waals surface area contributed by atoms with Crippen LogP contribution in [-0.4, -0.2) is 36.7 Å². The molecule has 0 spiro atoms. The molecule has 0 aliphatic carbocycles. The van der Waals surface area contributed by atoms with Gasteiger partial charge in [-0.1, -0.05) is 33.6 Å². The van der Waals surface area contributed by atoms with Crippen LogP contribution in [0.4, 0.5) is 4.79 Å². The first-order valence-corrected chi connectivity index (χ1v) is 7.95. The average Bonchev–Trinajstić information content (AvgIpc) is 2.34. The summed E-state index contributed by atoms with van der Waals surface area (Å²) in [5.74, 6) is 0. The molecule has 0 aliphatic heterocycles. The quantitative estimate of drug-likeness (QED) is 0.787. The van der Waals surface area contributed by atoms with E-state index in [4.69, 9.17) is 16.3 Å². The molecule has 0 fully saturated rings. The lowest BCUT2D eigenvalue weighted by Crippen LogP contribution is -2.37. The molecular weight excluding hydrogens is 356 g/mol. The molecule has 1 rings (SSSR count). The van der Waals surface area contributed by atoms with Crippen LogP contribution in [0.2, 0.25) is 5.02 Å². The van der Waals surface area contributed by atoms with Crippen LogP contribution in [0.1, 0.15) is 26.3 Å². The summed E-state index contributed by atoms with van der Waals surface area (Å²) in [6.45, 7) is 7.55. The Balaban J connectivity index is 2.32. The third-order valence-electron chi connectivity index (χ3n) is 2.66. The first kappa shape index (κ1) is 18.3. The van der Waals surface area contributed by atoms with Gasteiger partial charge in [0.2, 0.25) is 0 Å². The smallest absolute Gasteiger partial charge is 0.410 e. The van der Waals surface area contributed by atoms with E-state index >= 15 is 0 Å². The number of carbonyl (C=O) groups excluding carboxylic acids is 1. The molecule has 118 valence electrons. The Morgan fingerprint density at radius 1 is 1.43 bits per heavy atom. The summed E-state index contributed by atoms with van der Waals surface area (Å²) in [6, 6.07) is 5.69. The summed E-state index contributed by atoms with van der Waals surface area (Å²) < 4.78 is 6.26. The molecule has 0 unspecified atom stereocenters. The van der Waals surface area contributed by atoms with Gasteiger partial charge >= 0.3 is 6.09 Å². The molecule has 1 amide bonds. The standard InChI is InChI=1S/C15H22BrClN2O2/c1-15(2,3)21-14(20)19(4)8-7-18-10-11-5-6-12(17)9-13(11)16/h5-6,9,18H,7-8,10H2,1-4H3. The summed E-state index contributed by atoms with van der Waals surface area (Å²) in [6.07, 6.45) is -0.308. The molecule has 0 saturated carbocycles. The Morgan fingerprint density at radius 2 is 2.10 bits per heavy atom. The van der Waals surface area contributed by atoms with E-state index in [0.29, 0.717) is 24.7 Å². The van der Waals surface area contributed by atoms with Crippen molar-refractivity contribution in [2.75, 3.05) is 20.1 Å². The van der Waals surface area contributed by atoms with Crippen LogP contribution in [0.5, 0.6) is 0 Å². The van der Waals surface area contributed by atoms with Crippen LogP contribution >= 0.6 is 27.5 Å². The van der Waals surface area contributed by atoms with Crippen LogP contribution < -0.4 is 5.32 Å². The van der Waals surface area contributed by atoms with Crippen LogP contribution in [0.15, 0.2) is 22.7 Å². The minimum Gasteiger partial charge on any atom is -0.444 e. The number of benzene rings is 1. The zero-order valence-electron chi connectivity index (χ0n) is 12.9. The number of amides is 1. The van der Waals surface area contributed by atoms with Gasteiger partial charge in [0.1, 0.15) is 5.60 Å². The van der Waals surface area contributed by atoms with Gasteiger partial charge in [-0.05, 0) is 38.5 Å². The Kier molecular flexibility index (Phi) is 6.97. The fourth-order valence-corrected chi connectivity index (χ4v) is 2.39. The zero-order valence-corrected chi connectivity index (χ0v) is 15.2. The second kappa shape index (κ2) is 8.01. The van der Waals surface area contributed by atoms with E-state index in [1.165, 1.54) is 0 Å². The highest BCUT2D eigenvalue weighted by Crippen LogP contribution is 2.21. The number of ether oxygens (including phenoxy) is 1. The Hall–Kier alpha value is -0.780. The number of hydrogen-bond acceptors (Lipinski definition) is 3. The van der Waals surface area contributed by atoms with Crippen molar-refractivity contribution < 1.29 is 9.53 Å². The van der Waals surface area contributed by atoms with Gasteiger partial charge in [-0.2, -0.15) is 0 Å². The molecule has 0 saturated heterocycles. The monoisotopic (exact) mass is 376 g/mol. The molecule has 1 aromatic carbocycles. The number of carbonyl (C=O) groups is 1.